The van der Waals surface area contributed by atoms with Crippen LogP contribution in [0.25, 0.3) is 94.9 Å². The minimum Gasteiger partial charge on any atom is -0.454 e. The fourth-order valence-electron chi connectivity index (χ4n) is 9.55. The van der Waals surface area contributed by atoms with Gasteiger partial charge in [0.05, 0.1) is 16.7 Å². The van der Waals surface area contributed by atoms with Crippen molar-refractivity contribution in [3.63, 3.8) is 0 Å². The predicted molar refractivity (Wildman–Crippen MR) is 256 cm³/mol. The standard InChI is InChI=1S/C57H42N4O/c1-5-15-37(16-6-1)41-23-13-24-44(33-41)56-58-55(40-21-11-4-12-22-40)59-57(60-56)45-28-31-47-48-25-14-26-51(54(48)62-53(47)36-45)61-50-32-29-42(38-17-7-2-8-18-38)34-49(50)46-30-27-43(35-52(46)61)39-19-9-3-10-20-39/h1-3,5,7-11,13-15,17-27,29-30,32-36H,4,6,12,16,28,31H2. The Labute approximate surface area is 360 Å². The highest BCUT2D eigenvalue weighted by atomic mass is 16.3. The van der Waals surface area contributed by atoms with Gasteiger partial charge in [-0.15, -0.1) is 0 Å². The summed E-state index contributed by atoms with van der Waals surface area (Å²) in [5, 5.41) is 3.55. The highest BCUT2D eigenvalue weighted by Crippen LogP contribution is 2.42. The van der Waals surface area contributed by atoms with E-state index in [0.717, 1.165) is 88.7 Å². The van der Waals surface area contributed by atoms with Crippen molar-refractivity contribution in [2.75, 3.05) is 0 Å². The van der Waals surface area contributed by atoms with Crippen LogP contribution in [0.5, 0.6) is 0 Å². The van der Waals surface area contributed by atoms with Crippen LogP contribution in [0.3, 0.4) is 0 Å². The first-order valence-electron chi connectivity index (χ1n) is 21.8. The number of furan rings is 1. The number of rotatable bonds is 7. The van der Waals surface area contributed by atoms with Crippen LogP contribution in [0.1, 0.15) is 60.6 Å². The number of aryl methyl sites for hydroxylation is 1. The maximum absolute atomic E-state index is 7.04. The molecule has 0 atom stereocenters. The molecule has 296 valence electrons. The van der Waals surface area contributed by atoms with Gasteiger partial charge in [-0.3, -0.25) is 0 Å². The summed E-state index contributed by atoms with van der Waals surface area (Å²) in [6.07, 6.45) is 21.1. The Hall–Kier alpha value is -7.63. The molecule has 0 amide bonds. The van der Waals surface area contributed by atoms with Gasteiger partial charge < -0.3 is 8.98 Å². The van der Waals surface area contributed by atoms with E-state index in [4.69, 9.17) is 19.4 Å². The zero-order chi connectivity index (χ0) is 41.0. The molecule has 3 aliphatic carbocycles. The average Bonchev–Trinajstić information content (AvgIpc) is 3.90. The predicted octanol–water partition coefficient (Wildman–Crippen LogP) is 14.7. The Bertz CT molecular complexity index is 3390. The van der Waals surface area contributed by atoms with Crippen molar-refractivity contribution in [3.8, 4) is 39.3 Å². The van der Waals surface area contributed by atoms with Crippen LogP contribution in [0.4, 0.5) is 0 Å². The van der Waals surface area contributed by atoms with Crippen LogP contribution < -0.4 is 0 Å². The quantitative estimate of drug-likeness (QED) is 0.161. The molecular formula is C57H42N4O. The summed E-state index contributed by atoms with van der Waals surface area (Å²) in [6, 6.07) is 50.2. The summed E-state index contributed by atoms with van der Waals surface area (Å²) in [7, 11) is 0. The van der Waals surface area contributed by atoms with Crippen LogP contribution >= 0.6 is 0 Å². The first-order valence-corrected chi connectivity index (χ1v) is 21.8. The third kappa shape index (κ3) is 6.36. The Kier molecular flexibility index (Phi) is 8.84. The molecule has 0 fully saturated rings. The molecular weight excluding hydrogens is 757 g/mol. The zero-order valence-electron chi connectivity index (χ0n) is 34.3. The molecule has 3 aromatic heterocycles. The van der Waals surface area contributed by atoms with Gasteiger partial charge in [-0.05, 0) is 108 Å². The smallest absolute Gasteiger partial charge is 0.164 e. The summed E-state index contributed by atoms with van der Waals surface area (Å²) in [5.41, 5.74) is 15.8. The Balaban J connectivity index is 1.01. The van der Waals surface area contributed by atoms with E-state index in [2.05, 4.69) is 187 Å². The van der Waals surface area contributed by atoms with E-state index >= 15 is 0 Å². The van der Waals surface area contributed by atoms with Gasteiger partial charge in [0.1, 0.15) is 5.76 Å². The Morgan fingerprint density at radius 2 is 1.24 bits per heavy atom. The van der Waals surface area contributed by atoms with Gasteiger partial charge in [0.15, 0.2) is 23.1 Å². The maximum atomic E-state index is 7.04. The number of allylic oxidation sites excluding steroid dienone is 9. The average molecular weight is 799 g/mol. The van der Waals surface area contributed by atoms with E-state index in [1.54, 1.807) is 0 Å². The molecule has 5 nitrogen and oxygen atoms in total. The fraction of sp³-hybridized carbons (Fsp3) is 0.105. The van der Waals surface area contributed by atoms with Crippen molar-refractivity contribution in [1.29, 1.82) is 0 Å². The van der Waals surface area contributed by atoms with Crippen LogP contribution in [0.2, 0.25) is 0 Å². The lowest BCUT2D eigenvalue weighted by Crippen LogP contribution is -2.07. The highest BCUT2D eigenvalue weighted by Gasteiger charge is 2.25. The van der Waals surface area contributed by atoms with Gasteiger partial charge in [-0.1, -0.05) is 146 Å². The van der Waals surface area contributed by atoms with Crippen LogP contribution in [-0.2, 0) is 6.42 Å². The van der Waals surface area contributed by atoms with E-state index in [0.29, 0.717) is 17.5 Å². The van der Waals surface area contributed by atoms with E-state index < -0.39 is 0 Å². The van der Waals surface area contributed by atoms with Crippen molar-refractivity contribution >= 4 is 55.6 Å². The van der Waals surface area contributed by atoms with Crippen LogP contribution in [0, 0.1) is 0 Å². The first kappa shape index (κ1) is 36.2. The molecule has 3 aliphatic rings. The van der Waals surface area contributed by atoms with E-state index in [9.17, 15) is 0 Å². The third-order valence-electron chi connectivity index (χ3n) is 12.7. The van der Waals surface area contributed by atoms with Crippen molar-refractivity contribution < 1.29 is 4.42 Å². The van der Waals surface area contributed by atoms with E-state index in [1.165, 1.54) is 49.7 Å². The van der Waals surface area contributed by atoms with Crippen molar-refractivity contribution in [1.82, 2.24) is 19.5 Å². The molecule has 0 bridgehead atoms. The Morgan fingerprint density at radius 1 is 0.484 bits per heavy atom. The van der Waals surface area contributed by atoms with Crippen LogP contribution in [-0.4, -0.2) is 19.5 Å². The molecule has 3 heterocycles. The SMILES string of the molecule is C1=CCCC(c2cccc(-c3nc(C4=CCCC=C4)nc(C4=Cc5oc6c(-n7c8ccc(-c9ccccc9)cc8c8ccc(-c9ccccc9)cc87)cccc6c5CC4)n3)c2)=C1. The fourth-order valence-corrected chi connectivity index (χ4v) is 9.55. The van der Waals surface area contributed by atoms with Crippen molar-refractivity contribution in [3.05, 3.63) is 205 Å². The number of fused-ring (bicyclic) bond motifs is 6. The lowest BCUT2D eigenvalue weighted by Gasteiger charge is -2.15. The van der Waals surface area contributed by atoms with E-state index in [-0.39, 0.29) is 0 Å². The second-order valence-electron chi connectivity index (χ2n) is 16.5. The minimum absolute atomic E-state index is 0.689. The van der Waals surface area contributed by atoms with Crippen molar-refractivity contribution in [2.24, 2.45) is 0 Å². The van der Waals surface area contributed by atoms with Gasteiger partial charge in [-0.25, -0.2) is 15.0 Å². The van der Waals surface area contributed by atoms with Gasteiger partial charge in [-0.2, -0.15) is 0 Å². The van der Waals surface area contributed by atoms with Gasteiger partial charge in [0.25, 0.3) is 0 Å². The molecule has 0 N–H and O–H groups in total. The largest absolute Gasteiger partial charge is 0.454 e. The van der Waals surface area contributed by atoms with E-state index in [1.807, 2.05) is 0 Å². The normalized spacial score (nSPS) is 14.9. The third-order valence-corrected chi connectivity index (χ3v) is 12.7. The second kappa shape index (κ2) is 15.1. The van der Waals surface area contributed by atoms with Crippen LogP contribution in [0.15, 0.2) is 180 Å². The zero-order valence-corrected chi connectivity index (χ0v) is 34.3. The van der Waals surface area contributed by atoms with Gasteiger partial charge >= 0.3 is 0 Å². The molecule has 0 radical (unpaired) electrons. The second-order valence-corrected chi connectivity index (χ2v) is 16.5. The number of nitrogens with zero attached hydrogens (tertiary/aromatic N) is 4. The summed E-state index contributed by atoms with van der Waals surface area (Å²) in [6.45, 7) is 0. The summed E-state index contributed by atoms with van der Waals surface area (Å²) >= 11 is 0. The van der Waals surface area contributed by atoms with Gasteiger partial charge in [0.2, 0.25) is 0 Å². The molecule has 0 unspecified atom stereocenters. The lowest BCUT2D eigenvalue weighted by atomic mass is 9.94. The number of hydrogen-bond donors (Lipinski definition) is 0. The highest BCUT2D eigenvalue weighted by molar-refractivity contribution is 6.12. The van der Waals surface area contributed by atoms with Gasteiger partial charge in [0, 0.05) is 38.4 Å². The summed E-state index contributed by atoms with van der Waals surface area (Å²) in [4.78, 5) is 15.5. The molecule has 62 heavy (non-hydrogen) atoms. The minimum atomic E-state index is 0.689. The number of para-hydroxylation sites is 1. The number of aromatic nitrogens is 4. The summed E-state index contributed by atoms with van der Waals surface area (Å²) in [5.74, 6) is 2.97. The summed E-state index contributed by atoms with van der Waals surface area (Å²) < 4.78 is 9.44. The number of benzene rings is 6. The maximum Gasteiger partial charge on any atom is 0.164 e. The molecule has 12 rings (SSSR count). The molecule has 5 heteroatoms. The lowest BCUT2D eigenvalue weighted by molar-refractivity contribution is 0.594. The molecule has 0 aliphatic heterocycles. The number of hydrogen-bond acceptors (Lipinski definition) is 4. The molecule has 6 aromatic carbocycles. The molecule has 0 saturated carbocycles. The topological polar surface area (TPSA) is 56.7 Å². The van der Waals surface area contributed by atoms with Crippen molar-refractivity contribution in [2.45, 2.75) is 38.5 Å². The molecule has 9 aromatic rings. The first-order chi connectivity index (χ1) is 30.7. The molecule has 0 saturated heterocycles. The monoisotopic (exact) mass is 798 g/mol. The Morgan fingerprint density at radius 3 is 2.05 bits per heavy atom. The molecule has 0 spiro atoms.